The molecule has 0 aromatic carbocycles. The summed E-state index contributed by atoms with van der Waals surface area (Å²) in [5.41, 5.74) is 3.29. The number of carbonyl (C=O) groups is 2. The van der Waals surface area contributed by atoms with Gasteiger partial charge in [0.25, 0.3) is 0 Å². The van der Waals surface area contributed by atoms with E-state index in [9.17, 15) is 9.59 Å². The van der Waals surface area contributed by atoms with Crippen molar-refractivity contribution in [3.8, 4) is 0 Å². The Kier molecular flexibility index (Phi) is 7.16. The lowest BCUT2D eigenvalue weighted by Crippen LogP contribution is -2.16. The third-order valence-corrected chi connectivity index (χ3v) is 5.87. The second-order valence-electron chi connectivity index (χ2n) is 5.67. The van der Waals surface area contributed by atoms with Gasteiger partial charge < -0.3 is 10.1 Å². The van der Waals surface area contributed by atoms with Crippen LogP contribution in [0.15, 0.2) is 11.2 Å². The third kappa shape index (κ3) is 5.04. The predicted molar refractivity (Wildman–Crippen MR) is 105 cm³/mol. The molecule has 26 heavy (non-hydrogen) atoms. The summed E-state index contributed by atoms with van der Waals surface area (Å²) in [4.78, 5) is 34.2. The first kappa shape index (κ1) is 20.4. The Bertz CT molecular complexity index is 795. The highest BCUT2D eigenvalue weighted by molar-refractivity contribution is 7.99. The Morgan fingerprint density at radius 3 is 2.42 bits per heavy atom. The van der Waals surface area contributed by atoms with Crippen LogP contribution in [0.4, 0.5) is 5.00 Å². The van der Waals surface area contributed by atoms with E-state index in [1.807, 2.05) is 27.7 Å². The lowest BCUT2D eigenvalue weighted by Gasteiger charge is -2.08. The number of aryl methyl sites for hydroxylation is 3. The molecule has 0 saturated carbocycles. The molecule has 2 aromatic heterocycles. The summed E-state index contributed by atoms with van der Waals surface area (Å²) in [6.07, 6.45) is 0.789. The van der Waals surface area contributed by atoms with Crippen LogP contribution in [0, 0.1) is 20.8 Å². The first-order valence-electron chi connectivity index (χ1n) is 8.40. The number of anilines is 1. The number of amides is 1. The molecule has 2 aromatic rings. The van der Waals surface area contributed by atoms with Gasteiger partial charge in [-0.25, -0.2) is 14.8 Å². The van der Waals surface area contributed by atoms with Crippen molar-refractivity contribution < 1.29 is 14.3 Å². The monoisotopic (exact) mass is 393 g/mol. The van der Waals surface area contributed by atoms with Gasteiger partial charge in [-0.1, -0.05) is 18.7 Å². The van der Waals surface area contributed by atoms with Crippen molar-refractivity contribution in [1.29, 1.82) is 0 Å². The van der Waals surface area contributed by atoms with Gasteiger partial charge in [-0.15, -0.1) is 11.3 Å². The van der Waals surface area contributed by atoms with Crippen molar-refractivity contribution in [3.05, 3.63) is 33.5 Å². The average molecular weight is 394 g/mol. The summed E-state index contributed by atoms with van der Waals surface area (Å²) in [7, 11) is 0. The number of aromatic nitrogens is 2. The van der Waals surface area contributed by atoms with Gasteiger partial charge in [-0.3, -0.25) is 4.79 Å². The second kappa shape index (κ2) is 9.14. The summed E-state index contributed by atoms with van der Waals surface area (Å²) >= 11 is 2.67. The van der Waals surface area contributed by atoms with E-state index in [0.29, 0.717) is 22.3 Å². The first-order valence-corrected chi connectivity index (χ1v) is 10.2. The highest BCUT2D eigenvalue weighted by Crippen LogP contribution is 2.29. The fourth-order valence-corrected chi connectivity index (χ4v) is 3.90. The van der Waals surface area contributed by atoms with E-state index >= 15 is 0 Å². The zero-order valence-electron chi connectivity index (χ0n) is 15.6. The van der Waals surface area contributed by atoms with Gasteiger partial charge in [0, 0.05) is 16.3 Å². The normalized spacial score (nSPS) is 10.7. The molecule has 0 fully saturated rings. The smallest absolute Gasteiger partial charge is 0.341 e. The van der Waals surface area contributed by atoms with Gasteiger partial charge in [0.1, 0.15) is 5.00 Å². The van der Waals surface area contributed by atoms with Crippen LogP contribution in [0.5, 0.6) is 0 Å². The highest BCUT2D eigenvalue weighted by Gasteiger charge is 2.19. The van der Waals surface area contributed by atoms with Gasteiger partial charge in [0.05, 0.1) is 17.9 Å². The summed E-state index contributed by atoms with van der Waals surface area (Å²) in [6.45, 7) is 9.89. The molecule has 0 aliphatic rings. The maximum atomic E-state index is 12.3. The number of ether oxygens (including phenoxy) is 1. The highest BCUT2D eigenvalue weighted by atomic mass is 32.2. The fourth-order valence-electron chi connectivity index (χ4n) is 2.17. The molecule has 2 rings (SSSR count). The van der Waals surface area contributed by atoms with E-state index in [1.54, 1.807) is 13.0 Å². The summed E-state index contributed by atoms with van der Waals surface area (Å²) in [5, 5.41) is 3.92. The molecular formula is C18H23N3O3S2. The fraction of sp³-hybridized carbons (Fsp3) is 0.444. The van der Waals surface area contributed by atoms with Crippen molar-refractivity contribution in [1.82, 2.24) is 9.97 Å². The van der Waals surface area contributed by atoms with Gasteiger partial charge in [-0.2, -0.15) is 0 Å². The van der Waals surface area contributed by atoms with Crippen molar-refractivity contribution in [2.45, 2.75) is 46.2 Å². The topological polar surface area (TPSA) is 81.2 Å². The molecule has 0 bridgehead atoms. The number of thioether (sulfide) groups is 1. The van der Waals surface area contributed by atoms with Crippen LogP contribution in [-0.4, -0.2) is 34.2 Å². The second-order valence-corrected chi connectivity index (χ2v) is 7.75. The molecule has 0 radical (unpaired) electrons. The molecule has 8 heteroatoms. The van der Waals surface area contributed by atoms with Crippen molar-refractivity contribution >= 4 is 40.0 Å². The molecule has 0 spiro atoms. The minimum atomic E-state index is -0.417. The number of rotatable bonds is 7. The SMILES string of the molecule is CCOC(=O)c1cc(CC)sc1NC(=O)CSc1nc(C)c(C)c(C)n1. The maximum absolute atomic E-state index is 12.3. The summed E-state index contributed by atoms with van der Waals surface area (Å²) in [5.74, 6) is -0.451. The van der Waals surface area contributed by atoms with Crippen molar-refractivity contribution in [3.63, 3.8) is 0 Å². The number of nitrogens with one attached hydrogen (secondary N) is 1. The van der Waals surface area contributed by atoms with Crippen molar-refractivity contribution in [2.75, 3.05) is 17.7 Å². The summed E-state index contributed by atoms with van der Waals surface area (Å²) in [6, 6.07) is 1.78. The molecule has 0 unspecified atom stereocenters. The zero-order chi connectivity index (χ0) is 19.3. The van der Waals surface area contributed by atoms with Gasteiger partial charge in [0.2, 0.25) is 5.91 Å². The lowest BCUT2D eigenvalue weighted by atomic mass is 10.2. The number of carbonyl (C=O) groups excluding carboxylic acids is 2. The quantitative estimate of drug-likeness (QED) is 0.436. The Balaban J connectivity index is 2.06. The molecule has 6 nitrogen and oxygen atoms in total. The Hall–Kier alpha value is -1.93. The van der Waals surface area contributed by atoms with Gasteiger partial charge in [0.15, 0.2) is 5.16 Å². The molecule has 1 amide bonds. The number of thiophene rings is 1. The van der Waals surface area contributed by atoms with Crippen LogP contribution in [-0.2, 0) is 16.0 Å². The summed E-state index contributed by atoms with van der Waals surface area (Å²) < 4.78 is 5.07. The minimum absolute atomic E-state index is 0.170. The first-order chi connectivity index (χ1) is 12.3. The largest absolute Gasteiger partial charge is 0.462 e. The molecule has 0 aliphatic heterocycles. The van der Waals surface area contributed by atoms with Crippen LogP contribution in [0.25, 0.3) is 0 Å². The van der Waals surface area contributed by atoms with E-state index in [4.69, 9.17) is 4.74 Å². The van der Waals surface area contributed by atoms with E-state index < -0.39 is 5.97 Å². The Morgan fingerprint density at radius 1 is 1.19 bits per heavy atom. The number of hydrogen-bond donors (Lipinski definition) is 1. The molecular weight excluding hydrogens is 370 g/mol. The molecule has 1 N–H and O–H groups in total. The maximum Gasteiger partial charge on any atom is 0.341 e. The standard InChI is InChI=1S/C18H23N3O3S2/c1-6-13-8-14(17(23)24-7-2)16(26-13)21-15(22)9-25-18-19-11(4)10(3)12(5)20-18/h8H,6-7,9H2,1-5H3,(H,21,22). The predicted octanol–water partition coefficient (Wildman–Crippen LogP) is 3.93. The Labute approximate surface area is 161 Å². The average Bonchev–Trinajstić information content (AvgIpc) is 3.01. The van der Waals surface area contributed by atoms with E-state index in [-0.39, 0.29) is 11.7 Å². The van der Waals surface area contributed by atoms with Crippen LogP contribution < -0.4 is 5.32 Å². The van der Waals surface area contributed by atoms with Crippen LogP contribution in [0.3, 0.4) is 0 Å². The molecule has 2 heterocycles. The van der Waals surface area contributed by atoms with Crippen LogP contribution >= 0.6 is 23.1 Å². The molecule has 0 atom stereocenters. The van der Waals surface area contributed by atoms with E-state index in [1.165, 1.54) is 23.1 Å². The minimum Gasteiger partial charge on any atom is -0.462 e. The molecule has 140 valence electrons. The van der Waals surface area contributed by atoms with Gasteiger partial charge in [-0.05, 0) is 45.7 Å². The zero-order valence-corrected chi connectivity index (χ0v) is 17.3. The molecule has 0 aliphatic carbocycles. The van der Waals surface area contributed by atoms with E-state index in [2.05, 4.69) is 15.3 Å². The molecule has 0 saturated heterocycles. The van der Waals surface area contributed by atoms with Gasteiger partial charge >= 0.3 is 5.97 Å². The number of nitrogens with zero attached hydrogens (tertiary/aromatic N) is 2. The van der Waals surface area contributed by atoms with E-state index in [0.717, 1.165) is 28.2 Å². The van der Waals surface area contributed by atoms with Crippen LogP contribution in [0.2, 0.25) is 0 Å². The Morgan fingerprint density at radius 2 is 1.85 bits per heavy atom. The van der Waals surface area contributed by atoms with Crippen LogP contribution in [0.1, 0.15) is 46.0 Å². The lowest BCUT2D eigenvalue weighted by molar-refractivity contribution is -0.113. The third-order valence-electron chi connectivity index (χ3n) is 3.82. The number of esters is 1. The number of hydrogen-bond acceptors (Lipinski definition) is 7. The van der Waals surface area contributed by atoms with Crippen molar-refractivity contribution in [2.24, 2.45) is 0 Å².